The number of aromatic nitrogens is 3. The van der Waals surface area contributed by atoms with Crippen LogP contribution in [-0.4, -0.2) is 20.7 Å². The summed E-state index contributed by atoms with van der Waals surface area (Å²) in [5, 5.41) is 11.6. The van der Waals surface area contributed by atoms with E-state index in [-0.39, 0.29) is 17.9 Å². The van der Waals surface area contributed by atoms with Crippen molar-refractivity contribution in [3.05, 3.63) is 57.7 Å². The molecule has 9 heteroatoms. The van der Waals surface area contributed by atoms with E-state index in [1.165, 1.54) is 23.5 Å². The minimum atomic E-state index is -0.685. The van der Waals surface area contributed by atoms with Crippen molar-refractivity contribution in [1.29, 1.82) is 0 Å². The maximum Gasteiger partial charge on any atom is 0.222 e. The number of hydrogen-bond donors (Lipinski definition) is 2. The van der Waals surface area contributed by atoms with Gasteiger partial charge in [-0.2, -0.15) is 5.10 Å². The van der Waals surface area contributed by atoms with E-state index < -0.39 is 17.7 Å². The highest BCUT2D eigenvalue weighted by Crippen LogP contribution is 2.23. The molecule has 0 radical (unpaired) electrons. The van der Waals surface area contributed by atoms with E-state index in [0.717, 1.165) is 10.9 Å². The highest BCUT2D eigenvalue weighted by Gasteiger charge is 2.16. The van der Waals surface area contributed by atoms with Gasteiger partial charge in [-0.25, -0.2) is 8.78 Å². The van der Waals surface area contributed by atoms with Crippen LogP contribution in [0, 0.1) is 16.4 Å². The van der Waals surface area contributed by atoms with Gasteiger partial charge in [-0.15, -0.1) is 11.3 Å². The predicted molar refractivity (Wildman–Crippen MR) is 98.3 cm³/mol. The first kappa shape index (κ1) is 18.4. The minimum absolute atomic E-state index is 0.152. The number of nitrogens with zero attached hydrogens (tertiary/aromatic N) is 2. The van der Waals surface area contributed by atoms with Gasteiger partial charge in [0.1, 0.15) is 11.6 Å². The van der Waals surface area contributed by atoms with Gasteiger partial charge in [0, 0.05) is 24.6 Å². The molecule has 3 rings (SSSR count). The third-order valence-corrected chi connectivity index (χ3v) is 5.05. The van der Waals surface area contributed by atoms with E-state index >= 15 is 0 Å². The molecule has 0 aliphatic heterocycles. The van der Waals surface area contributed by atoms with Crippen LogP contribution in [0.3, 0.4) is 0 Å². The van der Waals surface area contributed by atoms with E-state index in [2.05, 4.69) is 15.5 Å². The van der Waals surface area contributed by atoms with Crippen LogP contribution in [0.2, 0.25) is 0 Å². The molecule has 1 atom stereocenters. The van der Waals surface area contributed by atoms with Gasteiger partial charge in [-0.1, -0.05) is 12.1 Å². The summed E-state index contributed by atoms with van der Waals surface area (Å²) in [5.41, 5.74) is 0.235. The Hall–Kier alpha value is -2.39. The molecular formula is C17H16F2N4OS2. The maximum absolute atomic E-state index is 13.8. The summed E-state index contributed by atoms with van der Waals surface area (Å²) >= 11 is 6.75. The number of carbonyl (C=O) groups excluding carboxylic acids is 1. The fourth-order valence-electron chi connectivity index (χ4n) is 2.58. The summed E-state index contributed by atoms with van der Waals surface area (Å²) < 4.78 is 29.0. The summed E-state index contributed by atoms with van der Waals surface area (Å²) in [5.74, 6) is -0.924. The third kappa shape index (κ3) is 4.05. The highest BCUT2D eigenvalue weighted by molar-refractivity contribution is 7.71. The van der Waals surface area contributed by atoms with Crippen LogP contribution >= 0.6 is 23.6 Å². The van der Waals surface area contributed by atoms with E-state index in [1.54, 1.807) is 11.5 Å². The van der Waals surface area contributed by atoms with Crippen LogP contribution in [0.25, 0.3) is 10.7 Å². The summed E-state index contributed by atoms with van der Waals surface area (Å²) in [6, 6.07) is 6.56. The lowest BCUT2D eigenvalue weighted by Gasteiger charge is -2.15. The predicted octanol–water partition coefficient (Wildman–Crippen LogP) is 4.21. The average molecular weight is 394 g/mol. The van der Waals surface area contributed by atoms with Crippen LogP contribution in [0.1, 0.15) is 24.9 Å². The highest BCUT2D eigenvalue weighted by atomic mass is 32.1. The quantitative estimate of drug-likeness (QED) is 0.616. The molecule has 0 fully saturated rings. The lowest BCUT2D eigenvalue weighted by Crippen LogP contribution is -2.28. The lowest BCUT2D eigenvalue weighted by molar-refractivity contribution is -0.121. The Morgan fingerprint density at radius 1 is 1.42 bits per heavy atom. The number of rotatable bonds is 6. The average Bonchev–Trinajstić information content (AvgIpc) is 3.22. The van der Waals surface area contributed by atoms with Crippen molar-refractivity contribution in [2.24, 2.45) is 0 Å². The van der Waals surface area contributed by atoms with Gasteiger partial charge >= 0.3 is 0 Å². The largest absolute Gasteiger partial charge is 0.349 e. The molecule has 0 aliphatic carbocycles. The van der Waals surface area contributed by atoms with Gasteiger partial charge in [0.15, 0.2) is 10.6 Å². The van der Waals surface area contributed by atoms with Crippen molar-refractivity contribution in [3.8, 4) is 10.7 Å². The van der Waals surface area contributed by atoms with Crippen molar-refractivity contribution in [1.82, 2.24) is 20.1 Å². The smallest absolute Gasteiger partial charge is 0.222 e. The van der Waals surface area contributed by atoms with E-state index in [0.29, 0.717) is 17.1 Å². The van der Waals surface area contributed by atoms with E-state index in [4.69, 9.17) is 12.2 Å². The minimum Gasteiger partial charge on any atom is -0.349 e. The summed E-state index contributed by atoms with van der Waals surface area (Å²) in [6.45, 7) is 1.99. The Labute approximate surface area is 157 Å². The van der Waals surface area contributed by atoms with Crippen LogP contribution < -0.4 is 5.32 Å². The number of halogens is 2. The van der Waals surface area contributed by atoms with Gasteiger partial charge < -0.3 is 5.32 Å². The molecule has 0 spiro atoms. The molecule has 1 aromatic carbocycles. The van der Waals surface area contributed by atoms with Crippen molar-refractivity contribution < 1.29 is 13.6 Å². The second-order valence-electron chi connectivity index (χ2n) is 5.69. The number of benzene rings is 1. The molecule has 0 saturated carbocycles. The van der Waals surface area contributed by atoms with Crippen molar-refractivity contribution in [2.45, 2.75) is 25.9 Å². The molecule has 1 unspecified atom stereocenters. The Bertz CT molecular complexity index is 966. The summed E-state index contributed by atoms with van der Waals surface area (Å²) in [7, 11) is 0. The van der Waals surface area contributed by atoms with E-state index in [9.17, 15) is 13.6 Å². The van der Waals surface area contributed by atoms with Gasteiger partial charge in [0.25, 0.3) is 0 Å². The Balaban J connectivity index is 1.65. The summed E-state index contributed by atoms with van der Waals surface area (Å²) in [6.07, 6.45) is 0.152. The van der Waals surface area contributed by atoms with Crippen LogP contribution in [-0.2, 0) is 11.3 Å². The fourth-order valence-corrected chi connectivity index (χ4v) is 3.52. The lowest BCUT2D eigenvalue weighted by atomic mass is 10.1. The normalized spacial score (nSPS) is 12.1. The van der Waals surface area contributed by atoms with E-state index in [1.807, 2.05) is 17.5 Å². The molecule has 1 amide bonds. The standard InChI is InChI=1S/C17H16F2N4OS2/c1-10(12-5-4-11(18)9-13(12)19)20-15(24)6-7-23-16(21-22-17(23)25)14-3-2-8-26-14/h2-5,8-10H,6-7H2,1H3,(H,20,24)(H,22,25). The molecular weight excluding hydrogens is 378 g/mol. The molecule has 2 aromatic heterocycles. The monoisotopic (exact) mass is 394 g/mol. The molecule has 136 valence electrons. The van der Waals surface area contributed by atoms with Gasteiger partial charge in [0.05, 0.1) is 10.9 Å². The molecule has 5 nitrogen and oxygen atoms in total. The SMILES string of the molecule is CC(NC(=O)CCn1c(-c2cccs2)n[nH]c1=S)c1ccc(F)cc1F. The molecule has 2 N–H and O–H groups in total. The zero-order valence-electron chi connectivity index (χ0n) is 13.8. The number of thiophene rings is 1. The van der Waals surface area contributed by atoms with Crippen LogP contribution in [0.15, 0.2) is 35.7 Å². The van der Waals surface area contributed by atoms with Crippen LogP contribution in [0.4, 0.5) is 8.78 Å². The number of nitrogens with one attached hydrogen (secondary N) is 2. The first-order valence-corrected chi connectivity index (χ1v) is 9.18. The van der Waals surface area contributed by atoms with Crippen molar-refractivity contribution in [3.63, 3.8) is 0 Å². The molecule has 0 aliphatic rings. The Morgan fingerprint density at radius 3 is 2.92 bits per heavy atom. The molecule has 3 aromatic rings. The second-order valence-corrected chi connectivity index (χ2v) is 7.02. The number of aromatic amines is 1. The number of amides is 1. The van der Waals surface area contributed by atoms with Gasteiger partial charge in [-0.3, -0.25) is 14.5 Å². The third-order valence-electron chi connectivity index (χ3n) is 3.87. The molecule has 2 heterocycles. The zero-order valence-corrected chi connectivity index (χ0v) is 15.5. The summed E-state index contributed by atoms with van der Waals surface area (Å²) in [4.78, 5) is 13.2. The Kier molecular flexibility index (Phi) is 5.58. The zero-order chi connectivity index (χ0) is 18.7. The van der Waals surface area contributed by atoms with Gasteiger partial charge in [-0.05, 0) is 36.7 Å². The number of H-pyrrole nitrogens is 1. The van der Waals surface area contributed by atoms with Crippen molar-refractivity contribution >= 4 is 29.5 Å². The molecule has 0 saturated heterocycles. The van der Waals surface area contributed by atoms with Crippen LogP contribution in [0.5, 0.6) is 0 Å². The second kappa shape index (κ2) is 7.88. The topological polar surface area (TPSA) is 62.7 Å². The Morgan fingerprint density at radius 2 is 2.23 bits per heavy atom. The first-order valence-electron chi connectivity index (χ1n) is 7.89. The van der Waals surface area contributed by atoms with Crippen molar-refractivity contribution in [2.75, 3.05) is 0 Å². The maximum atomic E-state index is 13.8. The number of carbonyl (C=O) groups is 1. The molecule has 26 heavy (non-hydrogen) atoms. The first-order chi connectivity index (χ1) is 12.5. The molecule has 0 bridgehead atoms. The number of hydrogen-bond acceptors (Lipinski definition) is 4. The van der Waals surface area contributed by atoms with Gasteiger partial charge in [0.2, 0.25) is 5.91 Å². The fraction of sp³-hybridized carbons (Fsp3) is 0.235.